The molecule has 0 aliphatic carbocycles. The zero-order chi connectivity index (χ0) is 17.6. The van der Waals surface area contributed by atoms with Crippen LogP contribution in [0.4, 0.5) is 0 Å². The van der Waals surface area contributed by atoms with Crippen molar-refractivity contribution in [1.82, 2.24) is 14.8 Å². The smallest absolute Gasteiger partial charge is 0.192 e. The van der Waals surface area contributed by atoms with Gasteiger partial charge in [0.25, 0.3) is 0 Å². The summed E-state index contributed by atoms with van der Waals surface area (Å²) in [4.78, 5) is 0. The molecule has 0 aliphatic heterocycles. The van der Waals surface area contributed by atoms with Crippen LogP contribution < -0.4 is 0 Å². The Kier molecular flexibility index (Phi) is 5.90. The van der Waals surface area contributed by atoms with E-state index in [1.165, 1.54) is 17.3 Å². The van der Waals surface area contributed by atoms with E-state index in [9.17, 15) is 0 Å². The van der Waals surface area contributed by atoms with Gasteiger partial charge in [0.1, 0.15) is 0 Å². The molecule has 126 valence electrons. The number of benzene rings is 2. The zero-order valence-corrected chi connectivity index (χ0v) is 16.2. The van der Waals surface area contributed by atoms with Crippen LogP contribution in [-0.4, -0.2) is 20.0 Å². The minimum atomic E-state index is -0.169. The topological polar surface area (TPSA) is 54.5 Å². The molecule has 1 atom stereocenters. The lowest BCUT2D eigenvalue weighted by atomic mass is 10.1. The molecule has 0 unspecified atom stereocenters. The number of aromatic nitrogens is 3. The second kappa shape index (κ2) is 8.32. The lowest BCUT2D eigenvalue weighted by Gasteiger charge is -2.11. The van der Waals surface area contributed by atoms with Crippen LogP contribution >= 0.6 is 27.7 Å². The zero-order valence-electron chi connectivity index (χ0n) is 13.8. The average Bonchev–Trinajstić information content (AvgIpc) is 3.03. The fraction of sp³-hybridized carbons (Fsp3) is 0.211. The second-order valence-electron chi connectivity index (χ2n) is 5.59. The van der Waals surface area contributed by atoms with Crippen molar-refractivity contribution in [2.75, 3.05) is 0 Å². The van der Waals surface area contributed by atoms with Gasteiger partial charge in [-0.15, -0.1) is 10.2 Å². The molecule has 3 aromatic rings. The van der Waals surface area contributed by atoms with Gasteiger partial charge >= 0.3 is 0 Å². The predicted molar refractivity (Wildman–Crippen MR) is 104 cm³/mol. The first-order chi connectivity index (χ1) is 12.2. The molecular formula is C19H17BrN4S. The third-order valence-corrected chi connectivity index (χ3v) is 5.25. The number of nitriles is 1. The predicted octanol–water partition coefficient (Wildman–Crippen LogP) is 4.95. The molecule has 3 rings (SSSR count). The summed E-state index contributed by atoms with van der Waals surface area (Å²) in [5.74, 6) is 0.830. The molecule has 0 amide bonds. The number of thioether (sulfide) groups is 1. The highest BCUT2D eigenvalue weighted by atomic mass is 79.9. The van der Waals surface area contributed by atoms with Gasteiger partial charge in [-0.2, -0.15) is 5.26 Å². The van der Waals surface area contributed by atoms with Crippen LogP contribution in [0.1, 0.15) is 12.5 Å². The molecule has 25 heavy (non-hydrogen) atoms. The van der Waals surface area contributed by atoms with Crippen molar-refractivity contribution in [3.05, 3.63) is 64.6 Å². The van der Waals surface area contributed by atoms with Gasteiger partial charge in [0.05, 0.1) is 11.3 Å². The fourth-order valence-electron chi connectivity index (χ4n) is 2.46. The molecule has 1 aromatic heterocycles. The lowest BCUT2D eigenvalue weighted by Crippen LogP contribution is -2.06. The van der Waals surface area contributed by atoms with Crippen LogP contribution in [0, 0.1) is 11.3 Å². The van der Waals surface area contributed by atoms with E-state index >= 15 is 0 Å². The maximum Gasteiger partial charge on any atom is 0.192 e. The van der Waals surface area contributed by atoms with Crippen LogP contribution in [0.2, 0.25) is 0 Å². The van der Waals surface area contributed by atoms with E-state index in [0.717, 1.165) is 34.0 Å². The molecule has 0 bridgehead atoms. The highest BCUT2D eigenvalue weighted by Gasteiger charge is 2.16. The molecule has 4 nitrogen and oxygen atoms in total. The van der Waals surface area contributed by atoms with E-state index in [4.69, 9.17) is 5.26 Å². The summed E-state index contributed by atoms with van der Waals surface area (Å²) in [5, 5.41) is 18.4. The average molecular weight is 413 g/mol. The molecule has 0 radical (unpaired) electrons. The Bertz CT molecular complexity index is 869. The number of hydrogen-bond donors (Lipinski definition) is 0. The Hall–Kier alpha value is -2.10. The number of rotatable bonds is 6. The Morgan fingerprint density at radius 1 is 1.12 bits per heavy atom. The third-order valence-electron chi connectivity index (χ3n) is 3.75. The highest BCUT2D eigenvalue weighted by molar-refractivity contribution is 9.10. The van der Waals surface area contributed by atoms with Crippen molar-refractivity contribution in [3.8, 4) is 17.5 Å². The summed E-state index contributed by atoms with van der Waals surface area (Å²) < 4.78 is 3.13. The molecule has 0 saturated carbocycles. The molecule has 6 heteroatoms. The first-order valence-corrected chi connectivity index (χ1v) is 9.64. The number of aryl methyl sites for hydroxylation is 1. The van der Waals surface area contributed by atoms with Crippen LogP contribution in [0.5, 0.6) is 0 Å². The van der Waals surface area contributed by atoms with Crippen molar-refractivity contribution in [2.45, 2.75) is 30.3 Å². The third kappa shape index (κ3) is 4.50. The molecule has 0 N–H and O–H groups in total. The minimum Gasteiger partial charge on any atom is -0.302 e. The fourth-order valence-corrected chi connectivity index (χ4v) is 3.49. The maximum absolute atomic E-state index is 9.12. The van der Waals surface area contributed by atoms with Gasteiger partial charge < -0.3 is 4.57 Å². The summed E-state index contributed by atoms with van der Waals surface area (Å²) in [7, 11) is 0. The van der Waals surface area contributed by atoms with Crippen molar-refractivity contribution in [2.24, 2.45) is 0 Å². The largest absolute Gasteiger partial charge is 0.302 e. The molecule has 0 fully saturated rings. The van der Waals surface area contributed by atoms with Crippen molar-refractivity contribution >= 4 is 27.7 Å². The molecule has 0 saturated heterocycles. The first kappa shape index (κ1) is 17.7. The molecule has 0 spiro atoms. The highest BCUT2D eigenvalue weighted by Crippen LogP contribution is 2.27. The minimum absolute atomic E-state index is 0.169. The number of nitrogens with zero attached hydrogens (tertiary/aromatic N) is 4. The number of halogens is 1. The van der Waals surface area contributed by atoms with Crippen LogP contribution in [-0.2, 0) is 13.0 Å². The molecular weight excluding hydrogens is 396 g/mol. The van der Waals surface area contributed by atoms with Crippen LogP contribution in [0.3, 0.4) is 0 Å². The number of hydrogen-bond acceptors (Lipinski definition) is 4. The molecule has 2 aromatic carbocycles. The van der Waals surface area contributed by atoms with Gasteiger partial charge in [-0.1, -0.05) is 70.2 Å². The standard InChI is InChI=1S/C19H17BrN4S/c1-14(13-21)25-19-23-22-18(16-7-9-17(20)10-8-16)24(19)12-11-15-5-3-2-4-6-15/h2-10,14H,11-12H2,1H3/t14-/m1/s1. The SMILES string of the molecule is C[C@H](C#N)Sc1nnc(-c2ccc(Br)cc2)n1CCc1ccccc1. The van der Waals surface area contributed by atoms with Gasteiger partial charge in [-0.25, -0.2) is 0 Å². The summed E-state index contributed by atoms with van der Waals surface area (Å²) in [6.07, 6.45) is 0.886. The normalized spacial score (nSPS) is 11.9. The van der Waals surface area contributed by atoms with E-state index in [0.29, 0.717) is 0 Å². The van der Waals surface area contributed by atoms with Gasteiger partial charge in [0, 0.05) is 16.6 Å². The van der Waals surface area contributed by atoms with E-state index in [1.54, 1.807) is 0 Å². The van der Waals surface area contributed by atoms with Crippen molar-refractivity contribution < 1.29 is 0 Å². The van der Waals surface area contributed by atoms with Gasteiger partial charge in [0.2, 0.25) is 0 Å². The van der Waals surface area contributed by atoms with E-state index in [1.807, 2.05) is 49.4 Å². The van der Waals surface area contributed by atoms with Crippen LogP contribution in [0.15, 0.2) is 64.2 Å². The Morgan fingerprint density at radius 2 is 1.84 bits per heavy atom. The van der Waals surface area contributed by atoms with E-state index in [2.05, 4.69) is 48.9 Å². The summed E-state index contributed by atoms with van der Waals surface area (Å²) in [6, 6.07) is 20.6. The van der Waals surface area contributed by atoms with E-state index in [-0.39, 0.29) is 5.25 Å². The van der Waals surface area contributed by atoms with Gasteiger partial charge in [0.15, 0.2) is 11.0 Å². The summed E-state index contributed by atoms with van der Waals surface area (Å²) in [6.45, 7) is 2.64. The van der Waals surface area contributed by atoms with Gasteiger partial charge in [-0.05, 0) is 31.0 Å². The Labute approximate surface area is 160 Å². The molecule has 0 aliphatic rings. The van der Waals surface area contributed by atoms with Crippen LogP contribution in [0.25, 0.3) is 11.4 Å². The second-order valence-corrected chi connectivity index (χ2v) is 7.81. The summed E-state index contributed by atoms with van der Waals surface area (Å²) in [5.41, 5.74) is 2.28. The molecule has 1 heterocycles. The lowest BCUT2D eigenvalue weighted by molar-refractivity contribution is 0.639. The van der Waals surface area contributed by atoms with Gasteiger partial charge in [-0.3, -0.25) is 0 Å². The quantitative estimate of drug-likeness (QED) is 0.537. The Morgan fingerprint density at radius 3 is 2.52 bits per heavy atom. The summed E-state index contributed by atoms with van der Waals surface area (Å²) >= 11 is 4.91. The maximum atomic E-state index is 9.12. The first-order valence-electron chi connectivity index (χ1n) is 7.96. The Balaban J connectivity index is 1.91. The van der Waals surface area contributed by atoms with E-state index < -0.39 is 0 Å². The van der Waals surface area contributed by atoms with Crippen molar-refractivity contribution in [1.29, 1.82) is 5.26 Å². The van der Waals surface area contributed by atoms with Crippen molar-refractivity contribution in [3.63, 3.8) is 0 Å². The monoisotopic (exact) mass is 412 g/mol.